The summed E-state index contributed by atoms with van der Waals surface area (Å²) in [7, 11) is -3.64. The summed E-state index contributed by atoms with van der Waals surface area (Å²) in [6, 6.07) is 6.04. The highest BCUT2D eigenvalue weighted by Gasteiger charge is 2.31. The second kappa shape index (κ2) is 7.63. The Morgan fingerprint density at radius 3 is 2.72 bits per heavy atom. The van der Waals surface area contributed by atoms with E-state index in [-0.39, 0.29) is 30.0 Å². The lowest BCUT2D eigenvalue weighted by atomic mass is 10.1. The molecule has 1 saturated heterocycles. The first-order valence-electron chi connectivity index (χ1n) is 7.79. The molecule has 25 heavy (non-hydrogen) atoms. The van der Waals surface area contributed by atoms with Gasteiger partial charge in [-0.05, 0) is 18.9 Å². The molecule has 1 aliphatic rings. The van der Waals surface area contributed by atoms with Crippen LogP contribution in [0.3, 0.4) is 0 Å². The van der Waals surface area contributed by atoms with Gasteiger partial charge in [-0.25, -0.2) is 22.8 Å². The zero-order valence-electron chi connectivity index (χ0n) is 13.3. The molecule has 3 rings (SSSR count). The molecule has 1 unspecified atom stereocenters. The standard InChI is InChI=1S/C16H17ClFN3O3S/c17-13-8-19-16(20-9-13)24-14-5-3-7-21(10-14)25(22,23)11-12-4-1-2-6-15(12)18/h1-2,4,6,8-9,14H,3,5,7,10-11H2. The Labute approximate surface area is 150 Å². The molecule has 9 heteroatoms. The summed E-state index contributed by atoms with van der Waals surface area (Å²) >= 11 is 5.73. The summed E-state index contributed by atoms with van der Waals surface area (Å²) in [4.78, 5) is 7.91. The minimum Gasteiger partial charge on any atom is -0.459 e. The van der Waals surface area contributed by atoms with Crippen LogP contribution in [0.4, 0.5) is 4.39 Å². The summed E-state index contributed by atoms with van der Waals surface area (Å²) in [6.45, 7) is 0.570. The fourth-order valence-corrected chi connectivity index (χ4v) is 4.38. The van der Waals surface area contributed by atoms with Gasteiger partial charge in [-0.3, -0.25) is 0 Å². The Morgan fingerprint density at radius 2 is 2.00 bits per heavy atom. The van der Waals surface area contributed by atoms with Gasteiger partial charge in [-0.15, -0.1) is 0 Å². The Hall–Kier alpha value is -1.77. The van der Waals surface area contributed by atoms with Crippen molar-refractivity contribution in [3.05, 3.63) is 53.1 Å². The van der Waals surface area contributed by atoms with Crippen molar-refractivity contribution < 1.29 is 17.5 Å². The van der Waals surface area contributed by atoms with E-state index in [1.165, 1.54) is 34.9 Å². The molecule has 0 saturated carbocycles. The molecular weight excluding hydrogens is 369 g/mol. The maximum atomic E-state index is 13.7. The highest BCUT2D eigenvalue weighted by Crippen LogP contribution is 2.21. The molecule has 0 amide bonds. The molecule has 1 fully saturated rings. The number of halogens is 2. The van der Waals surface area contributed by atoms with Crippen molar-refractivity contribution >= 4 is 21.6 Å². The normalized spacial score (nSPS) is 18.9. The van der Waals surface area contributed by atoms with Gasteiger partial charge in [0.2, 0.25) is 10.0 Å². The third-order valence-corrected chi connectivity index (χ3v) is 5.89. The first-order chi connectivity index (χ1) is 11.9. The topological polar surface area (TPSA) is 72.4 Å². The molecule has 1 aromatic heterocycles. The van der Waals surface area contributed by atoms with Crippen molar-refractivity contribution in [2.24, 2.45) is 0 Å². The van der Waals surface area contributed by atoms with Crippen molar-refractivity contribution in [1.82, 2.24) is 14.3 Å². The maximum Gasteiger partial charge on any atom is 0.316 e. The molecule has 0 bridgehead atoms. The molecule has 0 radical (unpaired) electrons. The van der Waals surface area contributed by atoms with Crippen LogP contribution < -0.4 is 4.74 Å². The van der Waals surface area contributed by atoms with E-state index in [2.05, 4.69) is 9.97 Å². The molecule has 2 heterocycles. The van der Waals surface area contributed by atoms with Crippen molar-refractivity contribution in [3.8, 4) is 6.01 Å². The number of nitrogens with zero attached hydrogens (tertiary/aromatic N) is 3. The van der Waals surface area contributed by atoms with Crippen LogP contribution in [-0.2, 0) is 15.8 Å². The highest BCUT2D eigenvalue weighted by molar-refractivity contribution is 7.88. The van der Waals surface area contributed by atoms with Crippen LogP contribution in [0.1, 0.15) is 18.4 Å². The SMILES string of the molecule is O=S(=O)(Cc1ccccc1F)N1CCCC(Oc2ncc(Cl)cn2)C1. The van der Waals surface area contributed by atoms with E-state index in [1.807, 2.05) is 0 Å². The smallest absolute Gasteiger partial charge is 0.316 e. The lowest BCUT2D eigenvalue weighted by molar-refractivity contribution is 0.119. The number of hydrogen-bond donors (Lipinski definition) is 0. The zero-order chi connectivity index (χ0) is 17.9. The Kier molecular flexibility index (Phi) is 5.51. The quantitative estimate of drug-likeness (QED) is 0.791. The van der Waals surface area contributed by atoms with E-state index >= 15 is 0 Å². The van der Waals surface area contributed by atoms with Gasteiger partial charge in [0.1, 0.15) is 11.9 Å². The van der Waals surface area contributed by atoms with E-state index in [0.717, 1.165) is 0 Å². The molecule has 1 aromatic carbocycles. The van der Waals surface area contributed by atoms with Gasteiger partial charge in [0.05, 0.1) is 29.7 Å². The largest absolute Gasteiger partial charge is 0.459 e. The predicted molar refractivity (Wildman–Crippen MR) is 91.3 cm³/mol. The third kappa shape index (κ3) is 4.65. The molecule has 1 aliphatic heterocycles. The van der Waals surface area contributed by atoms with Gasteiger partial charge < -0.3 is 4.74 Å². The fourth-order valence-electron chi connectivity index (χ4n) is 2.67. The first-order valence-corrected chi connectivity index (χ1v) is 9.78. The van der Waals surface area contributed by atoms with Gasteiger partial charge in [-0.2, -0.15) is 4.31 Å². The van der Waals surface area contributed by atoms with Gasteiger partial charge in [0, 0.05) is 12.1 Å². The Morgan fingerprint density at radius 1 is 1.28 bits per heavy atom. The summed E-state index contributed by atoms with van der Waals surface area (Å²) in [5, 5.41) is 0.394. The molecule has 134 valence electrons. The van der Waals surface area contributed by atoms with Crippen LogP contribution in [-0.4, -0.2) is 41.9 Å². The number of aromatic nitrogens is 2. The monoisotopic (exact) mass is 385 g/mol. The molecule has 0 N–H and O–H groups in total. The summed E-state index contributed by atoms with van der Waals surface area (Å²) in [5.74, 6) is -0.894. The van der Waals surface area contributed by atoms with Crippen molar-refractivity contribution in [3.63, 3.8) is 0 Å². The average Bonchev–Trinajstić information content (AvgIpc) is 2.59. The average molecular weight is 386 g/mol. The number of benzene rings is 1. The number of hydrogen-bond acceptors (Lipinski definition) is 5. The summed E-state index contributed by atoms with van der Waals surface area (Å²) in [5.41, 5.74) is 0.159. The third-order valence-electron chi connectivity index (χ3n) is 3.90. The second-order valence-corrected chi connectivity index (χ2v) is 8.18. The van der Waals surface area contributed by atoms with Crippen LogP contribution >= 0.6 is 11.6 Å². The number of piperidine rings is 1. The molecule has 0 aliphatic carbocycles. The summed E-state index contributed by atoms with van der Waals surface area (Å²) < 4.78 is 45.9. The van der Waals surface area contributed by atoms with E-state index in [4.69, 9.17) is 16.3 Å². The summed E-state index contributed by atoms with van der Waals surface area (Å²) in [6.07, 6.45) is 3.82. The number of sulfonamides is 1. The molecule has 6 nitrogen and oxygen atoms in total. The van der Waals surface area contributed by atoms with E-state index < -0.39 is 15.8 Å². The number of ether oxygens (including phenoxy) is 1. The maximum absolute atomic E-state index is 13.7. The van der Waals surface area contributed by atoms with E-state index in [1.54, 1.807) is 6.07 Å². The minimum absolute atomic E-state index is 0.155. The van der Waals surface area contributed by atoms with Crippen molar-refractivity contribution in [2.75, 3.05) is 13.1 Å². The van der Waals surface area contributed by atoms with E-state index in [9.17, 15) is 12.8 Å². The molecule has 1 atom stereocenters. The predicted octanol–water partition coefficient (Wildman–Crippen LogP) is 2.64. The van der Waals surface area contributed by atoms with Gasteiger partial charge in [0.15, 0.2) is 0 Å². The second-order valence-electron chi connectivity index (χ2n) is 5.77. The molecule has 2 aromatic rings. The Balaban J connectivity index is 1.67. The lowest BCUT2D eigenvalue weighted by Crippen LogP contribution is -2.45. The van der Waals surface area contributed by atoms with Crippen LogP contribution in [0.15, 0.2) is 36.7 Å². The van der Waals surface area contributed by atoms with Crippen LogP contribution in [0.5, 0.6) is 6.01 Å². The van der Waals surface area contributed by atoms with Gasteiger partial charge in [-0.1, -0.05) is 29.8 Å². The zero-order valence-corrected chi connectivity index (χ0v) is 14.9. The number of rotatable bonds is 5. The molecular formula is C16H17ClFN3O3S. The van der Waals surface area contributed by atoms with Crippen molar-refractivity contribution in [2.45, 2.75) is 24.7 Å². The first kappa shape index (κ1) is 18.0. The minimum atomic E-state index is -3.64. The Bertz CT molecular complexity index is 833. The molecule has 0 spiro atoms. The highest BCUT2D eigenvalue weighted by atomic mass is 35.5. The van der Waals surface area contributed by atoms with Gasteiger partial charge >= 0.3 is 6.01 Å². The van der Waals surface area contributed by atoms with Crippen LogP contribution in [0, 0.1) is 5.82 Å². The fraction of sp³-hybridized carbons (Fsp3) is 0.375. The van der Waals surface area contributed by atoms with Crippen molar-refractivity contribution in [1.29, 1.82) is 0 Å². The van der Waals surface area contributed by atoms with Crippen LogP contribution in [0.25, 0.3) is 0 Å². The van der Waals surface area contributed by atoms with Crippen LogP contribution in [0.2, 0.25) is 5.02 Å². The van der Waals surface area contributed by atoms with Gasteiger partial charge in [0.25, 0.3) is 0 Å². The van der Waals surface area contributed by atoms with E-state index in [0.29, 0.717) is 24.4 Å². The lowest BCUT2D eigenvalue weighted by Gasteiger charge is -2.31.